The summed E-state index contributed by atoms with van der Waals surface area (Å²) in [5, 5.41) is 12.2. The number of nitrogens with zero attached hydrogens (tertiary/aromatic N) is 3. The molecule has 262 valence electrons. The van der Waals surface area contributed by atoms with Crippen molar-refractivity contribution < 1.29 is 36.7 Å². The number of amides is 2. The highest BCUT2D eigenvalue weighted by Crippen LogP contribution is 2.26. The van der Waals surface area contributed by atoms with Gasteiger partial charge in [0, 0.05) is 43.5 Å². The van der Waals surface area contributed by atoms with E-state index >= 15 is 0 Å². The number of carbonyl (C=O) groups excluding carboxylic acids is 2. The Balaban J connectivity index is 1.30. The van der Waals surface area contributed by atoms with Crippen LogP contribution in [0.2, 0.25) is 5.02 Å². The summed E-state index contributed by atoms with van der Waals surface area (Å²) >= 11 is 6.30. The van der Waals surface area contributed by atoms with Crippen LogP contribution < -0.4 is 25.8 Å². The van der Waals surface area contributed by atoms with Gasteiger partial charge < -0.3 is 35.2 Å². The summed E-state index contributed by atoms with van der Waals surface area (Å²) in [7, 11) is 0. The van der Waals surface area contributed by atoms with Gasteiger partial charge in [-0.3, -0.25) is 9.59 Å². The summed E-state index contributed by atoms with van der Waals surface area (Å²) < 4.78 is 52.7. The van der Waals surface area contributed by atoms with Crippen LogP contribution in [-0.2, 0) is 11.3 Å². The highest BCUT2D eigenvalue weighted by molar-refractivity contribution is 6.32. The normalized spacial score (nSPS) is 11.8. The third kappa shape index (κ3) is 12.2. The summed E-state index contributed by atoms with van der Waals surface area (Å²) in [6.45, 7) is 4.02. The van der Waals surface area contributed by atoms with Gasteiger partial charge in [0.15, 0.2) is 6.61 Å². The van der Waals surface area contributed by atoms with Crippen molar-refractivity contribution in [3.8, 4) is 11.8 Å². The first kappa shape index (κ1) is 36.8. The Morgan fingerprint density at radius 1 is 1.12 bits per heavy atom. The number of ether oxygens (including phenoxy) is 2. The van der Waals surface area contributed by atoms with Gasteiger partial charge in [-0.15, -0.1) is 5.10 Å². The van der Waals surface area contributed by atoms with Crippen molar-refractivity contribution in [1.29, 1.82) is 0 Å². The number of benzene rings is 2. The number of alkyl halides is 3. The van der Waals surface area contributed by atoms with Crippen LogP contribution in [0.3, 0.4) is 0 Å². The molecule has 0 aliphatic heterocycles. The standard InChI is InChI=1S/C33H37ClF3N7O5/c1-32(2,19-39-29(46)23-7-9-24(10-8-23)40-30-41-31(43-42-30)49-21-33(35,36)37)20-44(28(45)13-11-25-5-3-15-47-25)14-4-16-48-27-12-6-22(18-38)17-26(27)34/h3,5-13,15,17H,4,14,16,18-21,38H2,1-2H3,(H,39,46)(H2,40,41,42,43)/b13-11+. The van der Waals surface area contributed by atoms with Gasteiger partial charge in [-0.05, 0) is 72.0 Å². The fourth-order valence-electron chi connectivity index (χ4n) is 4.49. The highest BCUT2D eigenvalue weighted by atomic mass is 35.5. The van der Waals surface area contributed by atoms with Crippen LogP contribution >= 0.6 is 11.6 Å². The fraction of sp³-hybridized carbons (Fsp3) is 0.333. The van der Waals surface area contributed by atoms with E-state index in [9.17, 15) is 22.8 Å². The second-order valence-corrected chi connectivity index (χ2v) is 12.1. The van der Waals surface area contributed by atoms with Gasteiger partial charge in [0.05, 0.1) is 17.9 Å². The van der Waals surface area contributed by atoms with E-state index in [1.54, 1.807) is 59.5 Å². The molecule has 2 aromatic heterocycles. The number of hydrogen-bond acceptors (Lipinski definition) is 9. The van der Waals surface area contributed by atoms with Crippen molar-refractivity contribution in [1.82, 2.24) is 25.4 Å². The Hall–Kier alpha value is -5.02. The van der Waals surface area contributed by atoms with Gasteiger partial charge in [0.2, 0.25) is 11.9 Å². The molecular formula is C33H37ClF3N7O5. The molecule has 5 N–H and O–H groups in total. The molecule has 0 saturated carbocycles. The molecule has 16 heteroatoms. The molecule has 2 aromatic carbocycles. The second kappa shape index (κ2) is 16.9. The zero-order valence-corrected chi connectivity index (χ0v) is 27.6. The summed E-state index contributed by atoms with van der Waals surface area (Å²) in [5.41, 5.74) is 6.91. The SMILES string of the molecule is CC(C)(CNC(=O)c1ccc(Nc2nc(OCC(F)(F)F)n[nH]2)cc1)CN(CCCOc1ccc(CN)cc1Cl)C(=O)/C=C/c1ccco1. The Morgan fingerprint density at radius 2 is 1.90 bits per heavy atom. The Kier molecular flexibility index (Phi) is 12.7. The Bertz CT molecular complexity index is 1690. The molecule has 0 unspecified atom stereocenters. The zero-order valence-electron chi connectivity index (χ0n) is 26.9. The van der Waals surface area contributed by atoms with Gasteiger partial charge >= 0.3 is 12.2 Å². The number of carbonyl (C=O) groups is 2. The number of aromatic amines is 1. The first-order valence-electron chi connectivity index (χ1n) is 15.2. The van der Waals surface area contributed by atoms with Gasteiger partial charge in [0.1, 0.15) is 11.5 Å². The van der Waals surface area contributed by atoms with Crippen molar-refractivity contribution in [2.45, 2.75) is 33.0 Å². The van der Waals surface area contributed by atoms with E-state index in [0.717, 1.165) is 5.56 Å². The van der Waals surface area contributed by atoms with Crippen LogP contribution in [-0.4, -0.2) is 70.9 Å². The number of aromatic nitrogens is 3. The molecule has 0 bridgehead atoms. The molecule has 0 fully saturated rings. The maximum Gasteiger partial charge on any atom is 0.422 e. The maximum absolute atomic E-state index is 13.3. The molecule has 0 atom stereocenters. The van der Waals surface area contributed by atoms with E-state index < -0.39 is 24.2 Å². The van der Waals surface area contributed by atoms with Crippen molar-refractivity contribution in [3.63, 3.8) is 0 Å². The molecule has 4 rings (SSSR count). The number of H-pyrrole nitrogens is 1. The predicted molar refractivity (Wildman–Crippen MR) is 178 cm³/mol. The maximum atomic E-state index is 13.3. The van der Waals surface area contributed by atoms with E-state index in [0.29, 0.717) is 60.4 Å². The lowest BCUT2D eigenvalue weighted by Gasteiger charge is -2.32. The average Bonchev–Trinajstić information content (AvgIpc) is 3.76. The summed E-state index contributed by atoms with van der Waals surface area (Å²) in [4.78, 5) is 31.7. The Labute approximate surface area is 285 Å². The first-order chi connectivity index (χ1) is 23.3. The largest absolute Gasteiger partial charge is 0.492 e. The number of rotatable bonds is 17. The van der Waals surface area contributed by atoms with Crippen molar-refractivity contribution in [2.24, 2.45) is 11.1 Å². The van der Waals surface area contributed by atoms with E-state index in [1.807, 2.05) is 19.9 Å². The number of anilines is 2. The van der Waals surface area contributed by atoms with Crippen molar-refractivity contribution >= 4 is 41.1 Å². The summed E-state index contributed by atoms with van der Waals surface area (Å²) in [6, 6.07) is 14.7. The van der Waals surface area contributed by atoms with Crippen LogP contribution in [0.5, 0.6) is 11.8 Å². The number of furan rings is 1. The topological polar surface area (TPSA) is 161 Å². The molecule has 0 spiro atoms. The predicted octanol–water partition coefficient (Wildman–Crippen LogP) is 5.96. The van der Waals surface area contributed by atoms with Crippen molar-refractivity contribution in [3.05, 3.63) is 88.8 Å². The number of halogens is 4. The molecule has 0 saturated heterocycles. The van der Waals surface area contributed by atoms with Gasteiger partial charge in [0.25, 0.3) is 5.91 Å². The zero-order chi connectivity index (χ0) is 35.4. The van der Waals surface area contributed by atoms with Gasteiger partial charge in [-0.1, -0.05) is 31.5 Å². The monoisotopic (exact) mass is 703 g/mol. The van der Waals surface area contributed by atoms with Crippen LogP contribution in [0.15, 0.2) is 71.4 Å². The molecule has 2 amide bonds. The molecule has 2 heterocycles. The first-order valence-corrected chi connectivity index (χ1v) is 15.6. The van der Waals surface area contributed by atoms with Crippen LogP contribution in [0.1, 0.15) is 41.9 Å². The minimum Gasteiger partial charge on any atom is -0.492 e. The lowest BCUT2D eigenvalue weighted by molar-refractivity contribution is -0.154. The summed E-state index contributed by atoms with van der Waals surface area (Å²) in [6.07, 6.45) is 0.572. The average molecular weight is 704 g/mol. The quantitative estimate of drug-likeness (QED) is 0.0768. The van der Waals surface area contributed by atoms with Crippen LogP contribution in [0, 0.1) is 5.41 Å². The lowest BCUT2D eigenvalue weighted by atomic mass is 9.92. The molecule has 0 aliphatic rings. The lowest BCUT2D eigenvalue weighted by Crippen LogP contribution is -2.44. The smallest absolute Gasteiger partial charge is 0.422 e. The van der Waals surface area contributed by atoms with Gasteiger partial charge in [-0.25, -0.2) is 5.10 Å². The van der Waals surface area contributed by atoms with E-state index in [2.05, 4.69) is 30.6 Å². The van der Waals surface area contributed by atoms with E-state index in [-0.39, 0.29) is 24.3 Å². The molecule has 12 nitrogen and oxygen atoms in total. The van der Waals surface area contributed by atoms with Gasteiger partial charge in [-0.2, -0.15) is 18.2 Å². The number of nitrogens with two attached hydrogens (primary N) is 1. The number of hydrogen-bond donors (Lipinski definition) is 4. The minimum atomic E-state index is -4.52. The van der Waals surface area contributed by atoms with E-state index in [4.69, 9.17) is 26.5 Å². The van der Waals surface area contributed by atoms with Crippen LogP contribution in [0.25, 0.3) is 6.08 Å². The molecular weight excluding hydrogens is 667 g/mol. The van der Waals surface area contributed by atoms with Crippen molar-refractivity contribution in [2.75, 3.05) is 38.2 Å². The molecule has 49 heavy (non-hydrogen) atoms. The van der Waals surface area contributed by atoms with E-state index in [1.165, 1.54) is 12.3 Å². The third-order valence-electron chi connectivity index (χ3n) is 6.89. The Morgan fingerprint density at radius 3 is 2.57 bits per heavy atom. The summed E-state index contributed by atoms with van der Waals surface area (Å²) in [5.74, 6) is 0.577. The second-order valence-electron chi connectivity index (χ2n) is 11.7. The van der Waals surface area contributed by atoms with Crippen LogP contribution in [0.4, 0.5) is 24.8 Å². The molecule has 0 radical (unpaired) electrons. The molecule has 4 aromatic rings. The molecule has 0 aliphatic carbocycles. The fourth-order valence-corrected chi connectivity index (χ4v) is 4.74. The highest BCUT2D eigenvalue weighted by Gasteiger charge is 2.29. The third-order valence-corrected chi connectivity index (χ3v) is 7.19. The minimum absolute atomic E-state index is 0.0609. The number of nitrogens with one attached hydrogen (secondary N) is 3.